The molecule has 6 heteroatoms. The first-order valence-corrected chi connectivity index (χ1v) is 6.54. The lowest BCUT2D eigenvalue weighted by Gasteiger charge is -2.33. The number of rotatable bonds is 3. The largest absolute Gasteiger partial charge is 0.494 e. The molecule has 0 aromatic heterocycles. The van der Waals surface area contributed by atoms with Crippen molar-refractivity contribution in [3.05, 3.63) is 24.0 Å². The second-order valence-electron chi connectivity index (χ2n) is 5.12. The Morgan fingerprint density at radius 2 is 2.10 bits per heavy atom. The first-order chi connectivity index (χ1) is 9.60. The Labute approximate surface area is 115 Å². The minimum absolute atomic E-state index is 0.0654. The molecule has 1 atom stereocenters. The molecule has 20 heavy (non-hydrogen) atoms. The Bertz CT molecular complexity index is 572. The summed E-state index contributed by atoms with van der Waals surface area (Å²) in [6.45, 7) is -0.0654. The van der Waals surface area contributed by atoms with Crippen molar-refractivity contribution in [3.8, 4) is 5.75 Å². The van der Waals surface area contributed by atoms with Crippen LogP contribution >= 0.6 is 0 Å². The van der Waals surface area contributed by atoms with Gasteiger partial charge in [0.05, 0.1) is 12.8 Å². The Balaban J connectivity index is 1.95. The van der Waals surface area contributed by atoms with Crippen LogP contribution in [0.25, 0.3) is 0 Å². The summed E-state index contributed by atoms with van der Waals surface area (Å²) in [5, 5.41) is 2.73. The van der Waals surface area contributed by atoms with Gasteiger partial charge in [-0.3, -0.25) is 14.5 Å². The van der Waals surface area contributed by atoms with Crippen LogP contribution in [0.1, 0.15) is 12.8 Å². The molecule has 1 heterocycles. The van der Waals surface area contributed by atoms with Crippen LogP contribution in [0.4, 0.5) is 10.1 Å². The summed E-state index contributed by atoms with van der Waals surface area (Å²) < 4.78 is 18.3. The fourth-order valence-corrected chi connectivity index (χ4v) is 2.50. The molecule has 2 amide bonds. The number of hydrogen-bond acceptors (Lipinski definition) is 3. The first-order valence-electron chi connectivity index (χ1n) is 6.54. The fourth-order valence-electron chi connectivity index (χ4n) is 2.50. The Kier molecular flexibility index (Phi) is 3.08. The minimum Gasteiger partial charge on any atom is -0.494 e. The average molecular weight is 278 g/mol. The van der Waals surface area contributed by atoms with E-state index >= 15 is 0 Å². The Hall–Kier alpha value is -2.11. The van der Waals surface area contributed by atoms with Crippen LogP contribution in [0, 0.1) is 11.7 Å². The summed E-state index contributed by atoms with van der Waals surface area (Å²) in [6, 6.07) is 3.46. The molecule has 3 rings (SSSR count). The van der Waals surface area contributed by atoms with E-state index < -0.39 is 11.9 Å². The SMILES string of the molecule is COc1cc(F)ccc1N1CC(=O)NC(C2CC2)C1=O. The van der Waals surface area contributed by atoms with Gasteiger partial charge in [-0.2, -0.15) is 0 Å². The zero-order chi connectivity index (χ0) is 14.3. The zero-order valence-electron chi connectivity index (χ0n) is 11.1. The number of hydrogen-bond donors (Lipinski definition) is 1. The molecule has 0 radical (unpaired) electrons. The van der Waals surface area contributed by atoms with Crippen molar-refractivity contribution in [2.24, 2.45) is 5.92 Å². The van der Waals surface area contributed by atoms with E-state index in [-0.39, 0.29) is 30.0 Å². The lowest BCUT2D eigenvalue weighted by molar-refractivity contribution is -0.131. The van der Waals surface area contributed by atoms with E-state index in [1.807, 2.05) is 0 Å². The predicted molar refractivity (Wildman–Crippen MR) is 70.0 cm³/mol. The number of amides is 2. The zero-order valence-corrected chi connectivity index (χ0v) is 11.1. The number of halogens is 1. The molecule has 1 saturated carbocycles. The number of ether oxygens (including phenoxy) is 1. The molecule has 1 unspecified atom stereocenters. The number of carbonyl (C=O) groups excluding carboxylic acids is 2. The van der Waals surface area contributed by atoms with Gasteiger partial charge in [-0.15, -0.1) is 0 Å². The number of piperazine rings is 1. The highest BCUT2D eigenvalue weighted by atomic mass is 19.1. The standard InChI is InChI=1S/C14H15FN2O3/c1-20-11-6-9(15)4-5-10(11)17-7-12(18)16-13(14(17)19)8-2-3-8/h4-6,8,13H,2-3,7H2,1H3,(H,16,18). The normalized spacial score (nSPS) is 22.7. The van der Waals surface area contributed by atoms with Gasteiger partial charge in [0.1, 0.15) is 24.2 Å². The molecule has 2 fully saturated rings. The molecule has 1 aromatic carbocycles. The van der Waals surface area contributed by atoms with Crippen LogP contribution in [0.5, 0.6) is 5.75 Å². The van der Waals surface area contributed by atoms with Crippen molar-refractivity contribution in [2.75, 3.05) is 18.6 Å². The van der Waals surface area contributed by atoms with E-state index in [9.17, 15) is 14.0 Å². The number of benzene rings is 1. The smallest absolute Gasteiger partial charge is 0.250 e. The van der Waals surface area contributed by atoms with Gasteiger partial charge in [0.15, 0.2) is 0 Å². The Morgan fingerprint density at radius 3 is 2.75 bits per heavy atom. The quantitative estimate of drug-likeness (QED) is 0.900. The molecule has 5 nitrogen and oxygen atoms in total. The van der Waals surface area contributed by atoms with Crippen molar-refractivity contribution in [3.63, 3.8) is 0 Å². The molecule has 1 aliphatic carbocycles. The maximum absolute atomic E-state index is 13.2. The van der Waals surface area contributed by atoms with E-state index in [1.54, 1.807) is 0 Å². The van der Waals surface area contributed by atoms with Gasteiger partial charge in [0, 0.05) is 6.07 Å². The van der Waals surface area contributed by atoms with Crippen LogP contribution in [-0.4, -0.2) is 31.5 Å². The monoisotopic (exact) mass is 278 g/mol. The molecule has 1 aromatic rings. The van der Waals surface area contributed by atoms with Gasteiger partial charge in [-0.1, -0.05) is 0 Å². The number of carbonyl (C=O) groups is 2. The minimum atomic E-state index is -0.467. The summed E-state index contributed by atoms with van der Waals surface area (Å²) in [4.78, 5) is 25.6. The van der Waals surface area contributed by atoms with Gasteiger partial charge < -0.3 is 10.1 Å². The molecule has 106 valence electrons. The maximum Gasteiger partial charge on any atom is 0.250 e. The first kappa shape index (κ1) is 12.9. The second kappa shape index (κ2) is 4.77. The van der Waals surface area contributed by atoms with Crippen LogP contribution in [0.15, 0.2) is 18.2 Å². The number of anilines is 1. The highest BCUT2D eigenvalue weighted by molar-refractivity contribution is 6.07. The van der Waals surface area contributed by atoms with Crippen LogP contribution in [-0.2, 0) is 9.59 Å². The van der Waals surface area contributed by atoms with Crippen LogP contribution in [0.2, 0.25) is 0 Å². The van der Waals surface area contributed by atoms with Gasteiger partial charge in [-0.05, 0) is 30.9 Å². The topological polar surface area (TPSA) is 58.6 Å². The van der Waals surface area contributed by atoms with E-state index in [2.05, 4.69) is 5.32 Å². The van der Waals surface area contributed by atoms with Crippen LogP contribution in [0.3, 0.4) is 0 Å². The number of nitrogens with one attached hydrogen (secondary N) is 1. The van der Waals surface area contributed by atoms with Crippen molar-refractivity contribution in [1.82, 2.24) is 5.32 Å². The fraction of sp³-hybridized carbons (Fsp3) is 0.429. The Morgan fingerprint density at radius 1 is 1.35 bits per heavy atom. The lowest BCUT2D eigenvalue weighted by atomic mass is 10.1. The molecule has 0 spiro atoms. The van der Waals surface area contributed by atoms with Crippen molar-refractivity contribution >= 4 is 17.5 Å². The molecule has 1 aliphatic heterocycles. The van der Waals surface area contributed by atoms with Gasteiger partial charge in [0.2, 0.25) is 11.8 Å². The highest BCUT2D eigenvalue weighted by Gasteiger charge is 2.43. The third-order valence-corrected chi connectivity index (χ3v) is 3.68. The lowest BCUT2D eigenvalue weighted by Crippen LogP contribution is -2.59. The molecule has 1 saturated heterocycles. The predicted octanol–water partition coefficient (Wildman–Crippen LogP) is 1.08. The van der Waals surface area contributed by atoms with Crippen molar-refractivity contribution < 1.29 is 18.7 Å². The van der Waals surface area contributed by atoms with E-state index in [4.69, 9.17) is 4.74 Å². The second-order valence-corrected chi connectivity index (χ2v) is 5.12. The third-order valence-electron chi connectivity index (χ3n) is 3.68. The highest BCUT2D eigenvalue weighted by Crippen LogP contribution is 2.37. The number of methoxy groups -OCH3 is 1. The summed E-state index contributed by atoms with van der Waals surface area (Å²) in [7, 11) is 1.41. The summed E-state index contributed by atoms with van der Waals surface area (Å²) in [5.41, 5.74) is 0.430. The molecular weight excluding hydrogens is 263 g/mol. The van der Waals surface area contributed by atoms with E-state index in [1.165, 1.54) is 30.2 Å². The van der Waals surface area contributed by atoms with E-state index in [0.29, 0.717) is 5.69 Å². The van der Waals surface area contributed by atoms with Gasteiger partial charge in [0.25, 0.3) is 0 Å². The number of nitrogens with zero attached hydrogens (tertiary/aromatic N) is 1. The summed E-state index contributed by atoms with van der Waals surface area (Å²) >= 11 is 0. The molecular formula is C14H15FN2O3. The maximum atomic E-state index is 13.2. The molecule has 1 N–H and O–H groups in total. The van der Waals surface area contributed by atoms with Gasteiger partial charge >= 0.3 is 0 Å². The summed E-state index contributed by atoms with van der Waals surface area (Å²) in [6.07, 6.45) is 1.90. The average Bonchev–Trinajstić information content (AvgIpc) is 3.25. The van der Waals surface area contributed by atoms with Crippen molar-refractivity contribution in [2.45, 2.75) is 18.9 Å². The third kappa shape index (κ3) is 2.21. The van der Waals surface area contributed by atoms with Crippen LogP contribution < -0.4 is 15.0 Å². The molecule has 0 bridgehead atoms. The van der Waals surface area contributed by atoms with E-state index in [0.717, 1.165) is 12.8 Å². The molecule has 2 aliphatic rings. The summed E-state index contributed by atoms with van der Waals surface area (Å²) in [5.74, 6) is -0.327. The van der Waals surface area contributed by atoms with Gasteiger partial charge in [-0.25, -0.2) is 4.39 Å². The van der Waals surface area contributed by atoms with Crippen molar-refractivity contribution in [1.29, 1.82) is 0 Å².